The van der Waals surface area contributed by atoms with Gasteiger partial charge in [-0.3, -0.25) is 9.69 Å². The normalized spacial score (nSPS) is 15.5. The second-order valence-electron chi connectivity index (χ2n) is 8.56. The summed E-state index contributed by atoms with van der Waals surface area (Å²) in [6.45, 7) is 8.48. The second-order valence-corrected chi connectivity index (χ2v) is 9.63. The van der Waals surface area contributed by atoms with Crippen LogP contribution in [0.4, 0.5) is 10.5 Å². The molecule has 0 aliphatic carbocycles. The first kappa shape index (κ1) is 26.9. The molecule has 35 heavy (non-hydrogen) atoms. The molecule has 2 N–H and O–H groups in total. The molecular weight excluding hydrogens is 470 g/mol. The van der Waals surface area contributed by atoms with Crippen LogP contribution < -0.4 is 15.4 Å². The summed E-state index contributed by atoms with van der Waals surface area (Å²) in [5.74, 6) is 2.07. The highest BCUT2D eigenvalue weighted by Gasteiger charge is 2.32. The summed E-state index contributed by atoms with van der Waals surface area (Å²) >= 11 is 1.89. The molecule has 1 fully saturated rings. The van der Waals surface area contributed by atoms with Crippen LogP contribution in [-0.2, 0) is 27.3 Å². The largest absolute Gasteiger partial charge is 0.496 e. The lowest BCUT2D eigenvalue weighted by molar-refractivity contribution is -0.143. The first-order valence-electron chi connectivity index (χ1n) is 11.9. The quantitative estimate of drug-likeness (QED) is 0.347. The van der Waals surface area contributed by atoms with Gasteiger partial charge in [-0.1, -0.05) is 11.6 Å². The maximum absolute atomic E-state index is 12.5. The van der Waals surface area contributed by atoms with Crippen molar-refractivity contribution < 1.29 is 28.6 Å². The number of ether oxygens (including phenoxy) is 3. The molecule has 10 heteroatoms. The van der Waals surface area contributed by atoms with Gasteiger partial charge in [0.05, 0.1) is 18.4 Å². The Kier molecular flexibility index (Phi) is 9.85. The average Bonchev–Trinajstić information content (AvgIpc) is 3.48. The smallest absolute Gasteiger partial charge is 0.341 e. The summed E-state index contributed by atoms with van der Waals surface area (Å²) in [6, 6.07) is -0.405. The summed E-state index contributed by atoms with van der Waals surface area (Å²) in [5, 5.41) is 5.52. The highest BCUT2D eigenvalue weighted by Crippen LogP contribution is 2.41. The number of hydrogen-bond donors (Lipinski definition) is 2. The molecule has 9 nitrogen and oxygen atoms in total. The lowest BCUT2D eigenvalue weighted by atomic mass is 9.93. The van der Waals surface area contributed by atoms with Gasteiger partial charge in [-0.05, 0) is 39.2 Å². The van der Waals surface area contributed by atoms with E-state index in [1.165, 1.54) is 0 Å². The van der Waals surface area contributed by atoms with E-state index in [1.807, 2.05) is 38.6 Å². The van der Waals surface area contributed by atoms with Crippen molar-refractivity contribution in [1.82, 2.24) is 10.2 Å². The summed E-state index contributed by atoms with van der Waals surface area (Å²) in [6.07, 6.45) is 3.26. The number of fused-ring (bicyclic) bond motifs is 1. The molecule has 2 amide bonds. The van der Waals surface area contributed by atoms with E-state index in [-0.39, 0.29) is 12.6 Å². The summed E-state index contributed by atoms with van der Waals surface area (Å²) in [5.41, 5.74) is 4.01. The summed E-state index contributed by atoms with van der Waals surface area (Å²) in [7, 11) is 1.57. The Balaban J connectivity index is 1.70. The lowest BCUT2D eigenvalue weighted by Gasteiger charge is -2.20. The molecule has 1 saturated heterocycles. The van der Waals surface area contributed by atoms with E-state index in [0.717, 1.165) is 41.4 Å². The minimum atomic E-state index is -0.463. The SMILES string of the molecule is CCNC(=O)Nc1c(C/C=C(\C)CCC(=O)OCCN2CCSC2)c(OC)c(C)c2c1C(=O)OC2. The Hall–Kier alpha value is -2.72. The minimum Gasteiger partial charge on any atom is -0.496 e. The predicted octanol–water partition coefficient (Wildman–Crippen LogP) is 3.63. The van der Waals surface area contributed by atoms with Crippen molar-refractivity contribution in [2.45, 2.75) is 46.6 Å². The number of esters is 2. The zero-order valence-electron chi connectivity index (χ0n) is 21.0. The van der Waals surface area contributed by atoms with Crippen LogP contribution in [0.5, 0.6) is 5.75 Å². The molecule has 1 aromatic rings. The van der Waals surface area contributed by atoms with Crippen molar-refractivity contribution in [3.8, 4) is 5.75 Å². The molecule has 192 valence electrons. The van der Waals surface area contributed by atoms with Crippen LogP contribution in [0.15, 0.2) is 11.6 Å². The lowest BCUT2D eigenvalue weighted by Crippen LogP contribution is -2.29. The Bertz CT molecular complexity index is 988. The van der Waals surface area contributed by atoms with Gasteiger partial charge in [0, 0.05) is 48.8 Å². The monoisotopic (exact) mass is 505 g/mol. The third-order valence-electron chi connectivity index (χ3n) is 6.13. The highest BCUT2D eigenvalue weighted by molar-refractivity contribution is 7.99. The minimum absolute atomic E-state index is 0.147. The number of methoxy groups -OCH3 is 1. The first-order chi connectivity index (χ1) is 16.8. The van der Waals surface area contributed by atoms with Gasteiger partial charge in [0.25, 0.3) is 0 Å². The number of thioether (sulfide) groups is 1. The summed E-state index contributed by atoms with van der Waals surface area (Å²) < 4.78 is 16.3. The van der Waals surface area contributed by atoms with Crippen LogP contribution in [0, 0.1) is 6.92 Å². The van der Waals surface area contributed by atoms with E-state index < -0.39 is 12.0 Å². The fourth-order valence-electron chi connectivity index (χ4n) is 4.18. The molecule has 1 aromatic carbocycles. The van der Waals surface area contributed by atoms with Gasteiger partial charge in [-0.15, -0.1) is 11.8 Å². The van der Waals surface area contributed by atoms with Gasteiger partial charge in [-0.2, -0.15) is 0 Å². The van der Waals surface area contributed by atoms with Crippen LogP contribution in [-0.4, -0.2) is 67.9 Å². The van der Waals surface area contributed by atoms with Crippen LogP contribution >= 0.6 is 11.8 Å². The first-order valence-corrected chi connectivity index (χ1v) is 13.1. The zero-order valence-corrected chi connectivity index (χ0v) is 21.8. The molecule has 0 unspecified atom stereocenters. The maximum Gasteiger partial charge on any atom is 0.341 e. The molecule has 0 saturated carbocycles. The number of anilines is 1. The molecule has 2 aliphatic rings. The van der Waals surface area contributed by atoms with Gasteiger partial charge >= 0.3 is 18.0 Å². The predicted molar refractivity (Wildman–Crippen MR) is 136 cm³/mol. The molecule has 0 radical (unpaired) electrons. The third kappa shape index (κ3) is 6.91. The van der Waals surface area contributed by atoms with Crippen molar-refractivity contribution in [3.63, 3.8) is 0 Å². The van der Waals surface area contributed by atoms with Crippen molar-refractivity contribution in [1.29, 1.82) is 0 Å². The number of nitrogens with one attached hydrogen (secondary N) is 2. The molecule has 0 spiro atoms. The van der Waals surface area contributed by atoms with Crippen LogP contribution in [0.25, 0.3) is 0 Å². The number of amides is 2. The van der Waals surface area contributed by atoms with Crippen LogP contribution in [0.2, 0.25) is 0 Å². The van der Waals surface area contributed by atoms with E-state index in [9.17, 15) is 14.4 Å². The number of benzene rings is 1. The molecule has 0 aromatic heterocycles. The number of cyclic esters (lactones) is 1. The fourth-order valence-corrected chi connectivity index (χ4v) is 5.21. The number of allylic oxidation sites excluding steroid dienone is 2. The zero-order chi connectivity index (χ0) is 25.4. The maximum atomic E-state index is 12.5. The number of nitrogens with zero attached hydrogens (tertiary/aromatic N) is 1. The number of carbonyl (C=O) groups excluding carboxylic acids is 3. The van der Waals surface area contributed by atoms with Crippen molar-refractivity contribution in [2.75, 3.05) is 50.3 Å². The van der Waals surface area contributed by atoms with Gasteiger partial charge in [0.15, 0.2) is 0 Å². The third-order valence-corrected chi connectivity index (χ3v) is 7.15. The van der Waals surface area contributed by atoms with Gasteiger partial charge in [0.1, 0.15) is 19.0 Å². The summed E-state index contributed by atoms with van der Waals surface area (Å²) in [4.78, 5) is 39.3. The number of carbonyl (C=O) groups is 3. The standard InChI is InChI=1S/C25H35N3O6S/c1-5-26-25(31)27-22-18(23(32-4)17(3)19-14-34-24(30)21(19)22)8-6-16(2)7-9-20(29)33-12-10-28-11-13-35-15-28/h6H,5,7-15H2,1-4H3,(H2,26,27,31)/b16-6+. The van der Waals surface area contributed by atoms with Gasteiger partial charge in [-0.25, -0.2) is 9.59 Å². The van der Waals surface area contributed by atoms with Gasteiger partial charge in [0.2, 0.25) is 0 Å². The second kappa shape index (κ2) is 12.8. The van der Waals surface area contributed by atoms with Crippen molar-refractivity contribution in [3.05, 3.63) is 33.9 Å². The number of rotatable bonds is 11. The molecular formula is C25H35N3O6S. The van der Waals surface area contributed by atoms with Crippen molar-refractivity contribution >= 4 is 35.4 Å². The molecule has 0 atom stereocenters. The Morgan fingerprint density at radius 3 is 2.77 bits per heavy atom. The molecule has 2 heterocycles. The highest BCUT2D eigenvalue weighted by atomic mass is 32.2. The Labute approximate surface area is 210 Å². The van der Waals surface area contributed by atoms with Crippen molar-refractivity contribution in [2.24, 2.45) is 0 Å². The molecule has 2 aliphatic heterocycles. The average molecular weight is 506 g/mol. The van der Waals surface area contributed by atoms with E-state index in [0.29, 0.717) is 55.0 Å². The van der Waals surface area contributed by atoms with Crippen LogP contribution in [0.3, 0.4) is 0 Å². The Morgan fingerprint density at radius 1 is 1.29 bits per heavy atom. The fraction of sp³-hybridized carbons (Fsp3) is 0.560. The van der Waals surface area contributed by atoms with E-state index in [4.69, 9.17) is 14.2 Å². The molecule has 3 rings (SSSR count). The van der Waals surface area contributed by atoms with Gasteiger partial charge < -0.3 is 24.8 Å². The Morgan fingerprint density at radius 2 is 2.09 bits per heavy atom. The van der Waals surface area contributed by atoms with E-state index in [1.54, 1.807) is 7.11 Å². The number of urea groups is 1. The molecule has 0 bridgehead atoms. The number of hydrogen-bond acceptors (Lipinski definition) is 8. The van der Waals surface area contributed by atoms with E-state index in [2.05, 4.69) is 15.5 Å². The van der Waals surface area contributed by atoms with Crippen LogP contribution in [0.1, 0.15) is 53.7 Å². The topological polar surface area (TPSA) is 106 Å². The van der Waals surface area contributed by atoms with E-state index >= 15 is 0 Å².